The number of hydrogen-bond acceptors (Lipinski definition) is 6. The lowest BCUT2D eigenvalue weighted by Crippen LogP contribution is -2.29. The topological polar surface area (TPSA) is 117 Å². The van der Waals surface area contributed by atoms with E-state index in [-0.39, 0.29) is 19.1 Å². The molecule has 0 spiro atoms. The molecule has 0 aliphatic rings. The second-order valence-corrected chi connectivity index (χ2v) is 11.6. The van der Waals surface area contributed by atoms with Crippen LogP contribution in [0.15, 0.2) is 102 Å². The molecule has 0 aliphatic carbocycles. The molecule has 0 fully saturated rings. The molecule has 11 heteroatoms. The van der Waals surface area contributed by atoms with Crippen LogP contribution in [-0.2, 0) is 21.4 Å². The first-order chi connectivity index (χ1) is 20.1. The number of nitrogens with one attached hydrogen (secondary N) is 2. The summed E-state index contributed by atoms with van der Waals surface area (Å²) in [5, 5.41) is 7.11. The SMILES string of the molecule is Cc1ccccc1CN(c1ccc(C(=O)N/N=C\c2ccc(OCC(=O)Nc3ccccc3Cl)cc2)cc1)S(C)(=O)=O. The highest BCUT2D eigenvalue weighted by Gasteiger charge is 2.19. The Kier molecular flexibility index (Phi) is 9.95. The molecule has 0 heterocycles. The summed E-state index contributed by atoms with van der Waals surface area (Å²) < 4.78 is 31.8. The minimum absolute atomic E-state index is 0.181. The molecule has 2 amide bonds. The Morgan fingerprint density at radius 2 is 1.60 bits per heavy atom. The third kappa shape index (κ3) is 8.42. The number of benzene rings is 4. The predicted octanol–water partition coefficient (Wildman–Crippen LogP) is 5.40. The fourth-order valence-electron chi connectivity index (χ4n) is 3.90. The molecule has 4 rings (SSSR count). The summed E-state index contributed by atoms with van der Waals surface area (Å²) in [6.07, 6.45) is 2.62. The van der Waals surface area contributed by atoms with E-state index in [1.54, 1.807) is 72.8 Å². The van der Waals surface area contributed by atoms with Crippen LogP contribution in [0.3, 0.4) is 0 Å². The maximum absolute atomic E-state index is 12.6. The number of carbonyl (C=O) groups excluding carboxylic acids is 2. The van der Waals surface area contributed by atoms with Gasteiger partial charge in [-0.1, -0.05) is 48.0 Å². The molecule has 0 atom stereocenters. The van der Waals surface area contributed by atoms with Gasteiger partial charge in [-0.25, -0.2) is 13.8 Å². The zero-order chi connectivity index (χ0) is 30.1. The number of ether oxygens (including phenoxy) is 1. The van der Waals surface area contributed by atoms with Gasteiger partial charge in [-0.2, -0.15) is 5.10 Å². The number of sulfonamides is 1. The van der Waals surface area contributed by atoms with Gasteiger partial charge in [0, 0.05) is 5.56 Å². The lowest BCUT2D eigenvalue weighted by molar-refractivity contribution is -0.118. The number of nitrogens with zero attached hydrogens (tertiary/aromatic N) is 2. The van der Waals surface area contributed by atoms with E-state index in [9.17, 15) is 18.0 Å². The van der Waals surface area contributed by atoms with Crippen molar-refractivity contribution >= 4 is 51.0 Å². The first-order valence-electron chi connectivity index (χ1n) is 12.8. The van der Waals surface area contributed by atoms with E-state index >= 15 is 0 Å². The molecule has 0 aliphatic heterocycles. The number of para-hydroxylation sites is 1. The smallest absolute Gasteiger partial charge is 0.271 e. The Morgan fingerprint density at radius 1 is 0.929 bits per heavy atom. The van der Waals surface area contributed by atoms with Crippen LogP contribution in [-0.4, -0.2) is 39.3 Å². The molecule has 216 valence electrons. The van der Waals surface area contributed by atoms with Gasteiger partial charge in [0.05, 0.1) is 35.4 Å². The summed E-state index contributed by atoms with van der Waals surface area (Å²) in [4.78, 5) is 24.7. The molecule has 0 saturated carbocycles. The third-order valence-electron chi connectivity index (χ3n) is 6.17. The molecule has 0 saturated heterocycles. The Balaban J connectivity index is 1.30. The standard InChI is InChI=1S/C31H29ClN4O5S/c1-22-7-3-4-8-25(22)20-36(42(2,39)40)26-15-13-24(14-16-26)31(38)35-33-19-23-11-17-27(18-12-23)41-21-30(37)34-29-10-6-5-9-28(29)32/h3-19H,20-21H2,1-2H3,(H,34,37)(H,35,38)/b33-19-. The third-order valence-corrected chi connectivity index (χ3v) is 7.64. The summed E-state index contributed by atoms with van der Waals surface area (Å²) in [6, 6.07) is 27.6. The highest BCUT2D eigenvalue weighted by atomic mass is 35.5. The average molecular weight is 605 g/mol. The maximum Gasteiger partial charge on any atom is 0.271 e. The van der Waals surface area contributed by atoms with E-state index in [0.29, 0.717) is 33.3 Å². The fraction of sp³-hybridized carbons (Fsp3) is 0.129. The highest BCUT2D eigenvalue weighted by molar-refractivity contribution is 7.92. The Hall–Kier alpha value is -4.67. The van der Waals surface area contributed by atoms with Crippen LogP contribution >= 0.6 is 11.6 Å². The van der Waals surface area contributed by atoms with E-state index in [1.165, 1.54) is 10.5 Å². The van der Waals surface area contributed by atoms with Gasteiger partial charge in [0.25, 0.3) is 11.8 Å². The van der Waals surface area contributed by atoms with Crippen molar-refractivity contribution in [2.24, 2.45) is 5.10 Å². The van der Waals surface area contributed by atoms with Gasteiger partial charge in [0.1, 0.15) is 5.75 Å². The zero-order valence-electron chi connectivity index (χ0n) is 23.0. The fourth-order valence-corrected chi connectivity index (χ4v) is 4.96. The minimum atomic E-state index is -3.56. The van der Waals surface area contributed by atoms with Gasteiger partial charge in [-0.3, -0.25) is 13.9 Å². The van der Waals surface area contributed by atoms with Gasteiger partial charge in [0.2, 0.25) is 10.0 Å². The Bertz CT molecular complexity index is 1690. The second kappa shape index (κ2) is 13.8. The molecule has 9 nitrogen and oxygen atoms in total. The number of anilines is 2. The largest absolute Gasteiger partial charge is 0.484 e. The molecular formula is C31H29ClN4O5S. The van der Waals surface area contributed by atoms with Crippen LogP contribution in [0.25, 0.3) is 0 Å². The van der Waals surface area contributed by atoms with Crippen molar-refractivity contribution in [3.8, 4) is 5.75 Å². The summed E-state index contributed by atoms with van der Waals surface area (Å²) in [6.45, 7) is 1.92. The number of rotatable bonds is 11. The van der Waals surface area contributed by atoms with E-state index in [4.69, 9.17) is 16.3 Å². The number of carbonyl (C=O) groups is 2. The molecule has 0 radical (unpaired) electrons. The molecule has 4 aromatic carbocycles. The van der Waals surface area contributed by atoms with Gasteiger partial charge < -0.3 is 10.1 Å². The van der Waals surface area contributed by atoms with E-state index < -0.39 is 15.9 Å². The number of hydrazone groups is 1. The minimum Gasteiger partial charge on any atom is -0.484 e. The van der Waals surface area contributed by atoms with Crippen LogP contribution < -0.4 is 19.8 Å². The van der Waals surface area contributed by atoms with Crippen LogP contribution in [0.5, 0.6) is 5.75 Å². The number of aryl methyl sites for hydroxylation is 1. The zero-order valence-corrected chi connectivity index (χ0v) is 24.5. The van der Waals surface area contributed by atoms with Crippen LogP contribution in [0.4, 0.5) is 11.4 Å². The van der Waals surface area contributed by atoms with Crippen LogP contribution in [0, 0.1) is 6.92 Å². The van der Waals surface area contributed by atoms with Crippen molar-refractivity contribution < 1.29 is 22.7 Å². The molecule has 42 heavy (non-hydrogen) atoms. The van der Waals surface area contributed by atoms with E-state index in [2.05, 4.69) is 15.8 Å². The van der Waals surface area contributed by atoms with E-state index in [0.717, 1.165) is 17.4 Å². The first kappa shape index (κ1) is 30.3. The van der Waals surface area contributed by atoms with Gasteiger partial charge >= 0.3 is 0 Å². The van der Waals surface area contributed by atoms with Crippen LogP contribution in [0.2, 0.25) is 5.02 Å². The quantitative estimate of drug-likeness (QED) is 0.176. The van der Waals surface area contributed by atoms with Crippen molar-refractivity contribution in [3.05, 3.63) is 124 Å². The van der Waals surface area contributed by atoms with Gasteiger partial charge in [-0.15, -0.1) is 0 Å². The Morgan fingerprint density at radius 3 is 2.26 bits per heavy atom. The molecule has 4 aromatic rings. The molecular weight excluding hydrogens is 576 g/mol. The highest BCUT2D eigenvalue weighted by Crippen LogP contribution is 2.23. The monoisotopic (exact) mass is 604 g/mol. The molecule has 0 unspecified atom stereocenters. The van der Waals surface area contributed by atoms with Crippen LogP contribution in [0.1, 0.15) is 27.0 Å². The van der Waals surface area contributed by atoms with Crippen molar-refractivity contribution in [1.82, 2.24) is 5.43 Å². The Labute approximate surface area is 249 Å². The molecule has 0 aromatic heterocycles. The summed E-state index contributed by atoms with van der Waals surface area (Å²) in [5.74, 6) is -0.317. The van der Waals surface area contributed by atoms with Crippen molar-refractivity contribution in [2.75, 3.05) is 22.5 Å². The van der Waals surface area contributed by atoms with Gasteiger partial charge in [0.15, 0.2) is 6.61 Å². The normalized spacial score (nSPS) is 11.2. The average Bonchev–Trinajstić information content (AvgIpc) is 2.97. The number of amides is 2. The van der Waals surface area contributed by atoms with Crippen molar-refractivity contribution in [2.45, 2.75) is 13.5 Å². The predicted molar refractivity (Wildman–Crippen MR) is 166 cm³/mol. The van der Waals surface area contributed by atoms with Crippen molar-refractivity contribution in [3.63, 3.8) is 0 Å². The molecule has 0 bridgehead atoms. The lowest BCUT2D eigenvalue weighted by atomic mass is 10.1. The lowest BCUT2D eigenvalue weighted by Gasteiger charge is -2.23. The van der Waals surface area contributed by atoms with Gasteiger partial charge in [-0.05, 0) is 84.3 Å². The number of hydrogen-bond donors (Lipinski definition) is 2. The van der Waals surface area contributed by atoms with Crippen molar-refractivity contribution in [1.29, 1.82) is 0 Å². The number of halogens is 1. The summed E-state index contributed by atoms with van der Waals surface area (Å²) >= 11 is 6.04. The second-order valence-electron chi connectivity index (χ2n) is 9.33. The van der Waals surface area contributed by atoms with E-state index in [1.807, 2.05) is 31.2 Å². The maximum atomic E-state index is 12.6. The molecule has 2 N–H and O–H groups in total. The summed E-state index contributed by atoms with van der Waals surface area (Å²) in [5.41, 5.74) is 6.30. The summed E-state index contributed by atoms with van der Waals surface area (Å²) in [7, 11) is -3.56. The first-order valence-corrected chi connectivity index (χ1v) is 15.1.